The molecule has 9 heteroatoms. The van der Waals surface area contributed by atoms with Crippen LogP contribution in [0.15, 0.2) is 30.3 Å². The summed E-state index contributed by atoms with van der Waals surface area (Å²) in [5, 5.41) is 7.57. The van der Waals surface area contributed by atoms with E-state index in [1.54, 1.807) is 26.4 Å². The first-order valence-electron chi connectivity index (χ1n) is 10.2. The number of aromatic nitrogens is 2. The topological polar surface area (TPSA) is 93.1 Å². The lowest BCUT2D eigenvalue weighted by Gasteiger charge is -2.15. The summed E-state index contributed by atoms with van der Waals surface area (Å²) >= 11 is 0. The number of hydrogen-bond donors (Lipinski definition) is 1. The van der Waals surface area contributed by atoms with Crippen LogP contribution in [0.1, 0.15) is 27.3 Å². The van der Waals surface area contributed by atoms with E-state index in [0.29, 0.717) is 52.2 Å². The lowest BCUT2D eigenvalue weighted by Crippen LogP contribution is -2.15. The smallest absolute Gasteiger partial charge is 0.259 e. The number of aryl methyl sites for hydroxylation is 1. The zero-order valence-corrected chi connectivity index (χ0v) is 19.9. The van der Waals surface area contributed by atoms with Gasteiger partial charge in [-0.1, -0.05) is 6.07 Å². The molecule has 0 aliphatic carbocycles. The predicted molar refractivity (Wildman–Crippen MR) is 124 cm³/mol. The number of hydrogen-bond acceptors (Lipinski definition) is 7. The number of methoxy groups -OCH3 is 5. The molecule has 0 radical (unpaired) electrons. The van der Waals surface area contributed by atoms with Gasteiger partial charge in [0.1, 0.15) is 0 Å². The van der Waals surface area contributed by atoms with Gasteiger partial charge in [0, 0.05) is 0 Å². The SMILES string of the molecule is COc1ccc(Cn2nc(C)c(NC(=O)c3ccc(OC)c(OC)c3OC)c2C)cc1OC. The average molecular weight is 456 g/mol. The monoisotopic (exact) mass is 455 g/mol. The van der Waals surface area contributed by atoms with Crippen LogP contribution in [-0.4, -0.2) is 51.2 Å². The molecule has 0 atom stereocenters. The van der Waals surface area contributed by atoms with E-state index in [4.69, 9.17) is 23.7 Å². The number of nitrogens with one attached hydrogen (secondary N) is 1. The maximum atomic E-state index is 13.1. The predicted octanol–water partition coefficient (Wildman–Crippen LogP) is 3.84. The Labute approximate surface area is 193 Å². The summed E-state index contributed by atoms with van der Waals surface area (Å²) in [5.41, 5.74) is 3.45. The molecule has 1 N–H and O–H groups in total. The highest BCUT2D eigenvalue weighted by atomic mass is 16.5. The van der Waals surface area contributed by atoms with E-state index < -0.39 is 0 Å². The Morgan fingerprint density at radius 1 is 0.848 bits per heavy atom. The number of rotatable bonds is 9. The van der Waals surface area contributed by atoms with Gasteiger partial charge < -0.3 is 29.0 Å². The van der Waals surface area contributed by atoms with Crippen LogP contribution in [0.4, 0.5) is 5.69 Å². The number of amides is 1. The van der Waals surface area contributed by atoms with Gasteiger partial charge in [0.25, 0.3) is 5.91 Å². The van der Waals surface area contributed by atoms with Gasteiger partial charge in [0.2, 0.25) is 5.75 Å². The number of ether oxygens (including phenoxy) is 5. The van der Waals surface area contributed by atoms with E-state index in [9.17, 15) is 4.79 Å². The second-order valence-corrected chi connectivity index (χ2v) is 7.23. The molecule has 0 spiro atoms. The lowest BCUT2D eigenvalue weighted by atomic mass is 10.1. The molecule has 1 aromatic heterocycles. The van der Waals surface area contributed by atoms with Gasteiger partial charge in [-0.15, -0.1) is 0 Å². The molecule has 0 bridgehead atoms. The van der Waals surface area contributed by atoms with Gasteiger partial charge in [-0.25, -0.2) is 0 Å². The standard InChI is InChI=1S/C24H29N3O6/c1-14-21(25-24(28)17-9-11-19(30-4)23(33-7)22(17)32-6)15(2)27(26-14)13-16-8-10-18(29-3)20(12-16)31-5/h8-12H,13H2,1-7H3,(H,25,28). The van der Waals surface area contributed by atoms with E-state index >= 15 is 0 Å². The van der Waals surface area contributed by atoms with Crippen molar-refractivity contribution in [3.8, 4) is 28.7 Å². The molecule has 1 amide bonds. The second-order valence-electron chi connectivity index (χ2n) is 7.23. The van der Waals surface area contributed by atoms with Crippen LogP contribution in [0.3, 0.4) is 0 Å². The molecule has 0 aliphatic rings. The van der Waals surface area contributed by atoms with Crippen molar-refractivity contribution in [2.75, 3.05) is 40.9 Å². The molecule has 0 saturated heterocycles. The third-order valence-corrected chi connectivity index (χ3v) is 5.35. The Morgan fingerprint density at radius 2 is 1.48 bits per heavy atom. The Balaban J connectivity index is 1.89. The summed E-state index contributed by atoms with van der Waals surface area (Å²) in [6.45, 7) is 4.25. The molecule has 9 nitrogen and oxygen atoms in total. The van der Waals surface area contributed by atoms with Crippen LogP contribution in [-0.2, 0) is 6.54 Å². The first-order chi connectivity index (χ1) is 15.9. The highest BCUT2D eigenvalue weighted by Crippen LogP contribution is 2.40. The molecule has 1 heterocycles. The van der Waals surface area contributed by atoms with E-state index in [1.165, 1.54) is 21.3 Å². The van der Waals surface area contributed by atoms with Crippen molar-refractivity contribution in [2.24, 2.45) is 0 Å². The first-order valence-corrected chi connectivity index (χ1v) is 10.2. The van der Waals surface area contributed by atoms with Gasteiger partial charge in [0.05, 0.1) is 64.7 Å². The minimum atomic E-state index is -0.343. The van der Waals surface area contributed by atoms with Crippen LogP contribution in [0.5, 0.6) is 28.7 Å². The van der Waals surface area contributed by atoms with E-state index in [-0.39, 0.29) is 5.91 Å². The molecular formula is C24H29N3O6. The normalized spacial score (nSPS) is 10.5. The maximum absolute atomic E-state index is 13.1. The Kier molecular flexibility index (Phi) is 7.32. The van der Waals surface area contributed by atoms with Crippen LogP contribution < -0.4 is 29.0 Å². The van der Waals surface area contributed by atoms with Crippen molar-refractivity contribution in [2.45, 2.75) is 20.4 Å². The van der Waals surface area contributed by atoms with Crippen LogP contribution in [0, 0.1) is 13.8 Å². The zero-order valence-electron chi connectivity index (χ0n) is 19.9. The van der Waals surface area contributed by atoms with Gasteiger partial charge in [-0.05, 0) is 43.7 Å². The number of carbonyl (C=O) groups excluding carboxylic acids is 1. The lowest BCUT2D eigenvalue weighted by molar-refractivity contribution is 0.102. The van der Waals surface area contributed by atoms with E-state index in [1.807, 2.05) is 36.7 Å². The number of carbonyl (C=O) groups is 1. The summed E-state index contributed by atoms with van der Waals surface area (Å²) in [5.74, 6) is 2.08. The van der Waals surface area contributed by atoms with Gasteiger partial charge in [-0.3, -0.25) is 9.48 Å². The molecule has 0 saturated carbocycles. The summed E-state index contributed by atoms with van der Waals surface area (Å²) in [4.78, 5) is 13.1. The highest BCUT2D eigenvalue weighted by molar-refractivity contribution is 6.07. The summed E-state index contributed by atoms with van der Waals surface area (Å²) in [7, 11) is 7.69. The van der Waals surface area contributed by atoms with E-state index in [0.717, 1.165) is 11.3 Å². The molecule has 2 aromatic carbocycles. The highest BCUT2D eigenvalue weighted by Gasteiger charge is 2.23. The molecule has 33 heavy (non-hydrogen) atoms. The Morgan fingerprint density at radius 3 is 2.09 bits per heavy atom. The third kappa shape index (κ3) is 4.67. The largest absolute Gasteiger partial charge is 0.493 e. The minimum absolute atomic E-state index is 0.294. The summed E-state index contributed by atoms with van der Waals surface area (Å²) in [6, 6.07) is 9.00. The maximum Gasteiger partial charge on any atom is 0.259 e. The first kappa shape index (κ1) is 23.8. The average Bonchev–Trinajstić information content (AvgIpc) is 3.09. The second kappa shape index (κ2) is 10.2. The van der Waals surface area contributed by atoms with Crippen molar-refractivity contribution in [1.29, 1.82) is 0 Å². The van der Waals surface area contributed by atoms with Gasteiger partial charge in [0.15, 0.2) is 23.0 Å². The molecule has 176 valence electrons. The van der Waals surface area contributed by atoms with E-state index in [2.05, 4.69) is 10.4 Å². The van der Waals surface area contributed by atoms with Crippen LogP contribution >= 0.6 is 0 Å². The number of benzene rings is 2. The molecule has 0 fully saturated rings. The molecule has 3 aromatic rings. The fraction of sp³-hybridized carbons (Fsp3) is 0.333. The summed E-state index contributed by atoms with van der Waals surface area (Å²) < 4.78 is 28.6. The Hall–Kier alpha value is -3.88. The number of anilines is 1. The molecule has 0 aliphatic heterocycles. The molecular weight excluding hydrogens is 426 g/mol. The van der Waals surface area contributed by atoms with Gasteiger partial charge in [-0.2, -0.15) is 5.10 Å². The third-order valence-electron chi connectivity index (χ3n) is 5.35. The molecule has 0 unspecified atom stereocenters. The van der Waals surface area contributed by atoms with Crippen molar-refractivity contribution in [3.63, 3.8) is 0 Å². The van der Waals surface area contributed by atoms with Crippen LogP contribution in [0.25, 0.3) is 0 Å². The summed E-state index contributed by atoms with van der Waals surface area (Å²) in [6.07, 6.45) is 0. The zero-order chi connectivity index (χ0) is 24.1. The Bertz CT molecular complexity index is 1160. The van der Waals surface area contributed by atoms with Crippen molar-refractivity contribution in [1.82, 2.24) is 9.78 Å². The molecule has 3 rings (SSSR count). The van der Waals surface area contributed by atoms with Crippen molar-refractivity contribution < 1.29 is 28.5 Å². The fourth-order valence-corrected chi connectivity index (χ4v) is 3.64. The van der Waals surface area contributed by atoms with Crippen LogP contribution in [0.2, 0.25) is 0 Å². The van der Waals surface area contributed by atoms with Gasteiger partial charge >= 0.3 is 0 Å². The minimum Gasteiger partial charge on any atom is -0.493 e. The quantitative estimate of drug-likeness (QED) is 0.524. The number of nitrogens with zero attached hydrogens (tertiary/aromatic N) is 2. The fourth-order valence-electron chi connectivity index (χ4n) is 3.64. The van der Waals surface area contributed by atoms with Crippen molar-refractivity contribution >= 4 is 11.6 Å². The van der Waals surface area contributed by atoms with Crippen molar-refractivity contribution in [3.05, 3.63) is 52.8 Å².